The highest BCUT2D eigenvalue weighted by molar-refractivity contribution is 7.99. The van der Waals surface area contributed by atoms with Crippen molar-refractivity contribution >= 4 is 11.8 Å². The number of aliphatic hydroxyl groups excluding tert-OH is 3. The van der Waals surface area contributed by atoms with E-state index in [1.54, 1.807) is 6.07 Å². The first-order valence-electron chi connectivity index (χ1n) is 7.35. The SMILES string of the molecule is N#Cc1ccc(-c2ccc(O[C@@H]3SC[C@@H](O)[C@H](O)[C@H]3O)c(F)n2)cn1. The number of pyridine rings is 2. The van der Waals surface area contributed by atoms with Crippen molar-refractivity contribution in [1.82, 2.24) is 9.97 Å². The minimum atomic E-state index is -1.36. The summed E-state index contributed by atoms with van der Waals surface area (Å²) in [5, 5.41) is 37.8. The van der Waals surface area contributed by atoms with Gasteiger partial charge < -0.3 is 20.1 Å². The molecule has 0 unspecified atom stereocenters. The van der Waals surface area contributed by atoms with E-state index in [0.717, 1.165) is 11.8 Å². The third kappa shape index (κ3) is 3.72. The Hall–Kier alpha value is -2.25. The predicted octanol–water partition coefficient (Wildman–Crippen LogP) is 0.689. The monoisotopic (exact) mass is 363 g/mol. The lowest BCUT2D eigenvalue weighted by Crippen LogP contribution is -2.50. The quantitative estimate of drug-likeness (QED) is 0.682. The molecular formula is C16H14FN3O4S. The molecule has 3 heterocycles. The van der Waals surface area contributed by atoms with Gasteiger partial charge in [-0.1, -0.05) is 0 Å². The molecule has 1 saturated heterocycles. The Morgan fingerprint density at radius 3 is 2.64 bits per heavy atom. The van der Waals surface area contributed by atoms with E-state index in [0.29, 0.717) is 11.3 Å². The molecule has 0 bridgehead atoms. The Bertz CT molecular complexity index is 799. The van der Waals surface area contributed by atoms with E-state index in [1.807, 2.05) is 6.07 Å². The van der Waals surface area contributed by atoms with Gasteiger partial charge in [0.05, 0.1) is 11.8 Å². The highest BCUT2D eigenvalue weighted by Gasteiger charge is 2.39. The highest BCUT2D eigenvalue weighted by Crippen LogP contribution is 2.30. The van der Waals surface area contributed by atoms with Crippen molar-refractivity contribution in [2.45, 2.75) is 23.7 Å². The molecular weight excluding hydrogens is 349 g/mol. The molecule has 0 aliphatic carbocycles. The average Bonchev–Trinajstić information content (AvgIpc) is 2.63. The number of nitrogens with zero attached hydrogens (tertiary/aromatic N) is 3. The molecule has 1 aliphatic heterocycles. The molecule has 0 spiro atoms. The first kappa shape index (κ1) is 17.6. The molecule has 0 aromatic carbocycles. The van der Waals surface area contributed by atoms with Crippen LogP contribution in [0.5, 0.6) is 5.75 Å². The van der Waals surface area contributed by atoms with Crippen LogP contribution in [0, 0.1) is 17.3 Å². The van der Waals surface area contributed by atoms with Crippen molar-refractivity contribution < 1.29 is 24.4 Å². The van der Waals surface area contributed by atoms with Crippen LogP contribution in [0.1, 0.15) is 5.69 Å². The van der Waals surface area contributed by atoms with E-state index in [1.165, 1.54) is 24.4 Å². The summed E-state index contributed by atoms with van der Waals surface area (Å²) in [6, 6.07) is 7.88. The van der Waals surface area contributed by atoms with Gasteiger partial charge in [0.1, 0.15) is 24.0 Å². The summed E-state index contributed by atoms with van der Waals surface area (Å²) in [7, 11) is 0. The molecule has 9 heteroatoms. The van der Waals surface area contributed by atoms with Gasteiger partial charge in [-0.3, -0.25) is 0 Å². The van der Waals surface area contributed by atoms with E-state index < -0.39 is 29.7 Å². The molecule has 25 heavy (non-hydrogen) atoms. The predicted molar refractivity (Wildman–Crippen MR) is 87.0 cm³/mol. The smallest absolute Gasteiger partial charge is 0.255 e. The summed E-state index contributed by atoms with van der Waals surface area (Å²) in [4.78, 5) is 7.71. The molecule has 4 atom stereocenters. The second-order valence-corrected chi connectivity index (χ2v) is 6.53. The third-order valence-electron chi connectivity index (χ3n) is 3.69. The standard InChI is InChI=1S/C16H14FN3O4S/c17-15-12(24-16-14(23)13(22)11(21)7-25-16)4-3-10(20-15)8-1-2-9(5-18)19-6-8/h1-4,6,11,13-14,16,21-23H,7H2/t11-,13+,14-,16-/m1/s1. The minimum Gasteiger partial charge on any atom is -0.472 e. The van der Waals surface area contributed by atoms with Crippen molar-refractivity contribution in [3.05, 3.63) is 42.1 Å². The normalized spacial score (nSPS) is 26.0. The van der Waals surface area contributed by atoms with E-state index in [9.17, 15) is 19.7 Å². The molecule has 0 amide bonds. The largest absolute Gasteiger partial charge is 0.472 e. The van der Waals surface area contributed by atoms with Crippen molar-refractivity contribution in [3.63, 3.8) is 0 Å². The first-order valence-corrected chi connectivity index (χ1v) is 8.40. The van der Waals surface area contributed by atoms with Crippen molar-refractivity contribution in [2.24, 2.45) is 0 Å². The molecule has 0 radical (unpaired) electrons. The van der Waals surface area contributed by atoms with Crippen LogP contribution in [0.3, 0.4) is 0 Å². The summed E-state index contributed by atoms with van der Waals surface area (Å²) in [6.07, 6.45) is -2.35. The van der Waals surface area contributed by atoms with Crippen LogP contribution in [-0.4, -0.2) is 54.8 Å². The topological polar surface area (TPSA) is 119 Å². The fraction of sp³-hybridized carbons (Fsp3) is 0.312. The van der Waals surface area contributed by atoms with Crippen molar-refractivity contribution in [2.75, 3.05) is 5.75 Å². The summed E-state index contributed by atoms with van der Waals surface area (Å²) >= 11 is 1.07. The Balaban J connectivity index is 1.77. The van der Waals surface area contributed by atoms with Crippen LogP contribution in [0.4, 0.5) is 4.39 Å². The molecule has 3 rings (SSSR count). The lowest BCUT2D eigenvalue weighted by atomic mass is 10.1. The van der Waals surface area contributed by atoms with Crippen LogP contribution in [0.25, 0.3) is 11.3 Å². The van der Waals surface area contributed by atoms with Gasteiger partial charge in [-0.15, -0.1) is 11.8 Å². The molecule has 130 valence electrons. The van der Waals surface area contributed by atoms with Gasteiger partial charge in [-0.25, -0.2) is 9.97 Å². The molecule has 2 aromatic rings. The molecule has 3 N–H and O–H groups in total. The van der Waals surface area contributed by atoms with Gasteiger partial charge in [0.25, 0.3) is 5.95 Å². The second-order valence-electron chi connectivity index (χ2n) is 5.40. The van der Waals surface area contributed by atoms with Gasteiger partial charge in [0.2, 0.25) is 0 Å². The van der Waals surface area contributed by atoms with Crippen molar-refractivity contribution in [3.8, 4) is 23.1 Å². The number of ether oxygens (including phenoxy) is 1. The van der Waals surface area contributed by atoms with E-state index in [-0.39, 0.29) is 17.2 Å². The zero-order valence-electron chi connectivity index (χ0n) is 12.8. The summed E-state index contributed by atoms with van der Waals surface area (Å²) in [6.45, 7) is 0. The fourth-order valence-electron chi connectivity index (χ4n) is 2.29. The van der Waals surface area contributed by atoms with Crippen LogP contribution in [0.15, 0.2) is 30.5 Å². The maximum Gasteiger partial charge on any atom is 0.255 e. The Labute approximate surface area is 146 Å². The molecule has 2 aromatic heterocycles. The molecule has 0 saturated carbocycles. The average molecular weight is 363 g/mol. The Morgan fingerprint density at radius 2 is 2.00 bits per heavy atom. The lowest BCUT2D eigenvalue weighted by molar-refractivity contribution is -0.0790. The summed E-state index contributed by atoms with van der Waals surface area (Å²) in [5.74, 6) is -0.895. The number of aromatic nitrogens is 2. The van der Waals surface area contributed by atoms with Gasteiger partial charge in [-0.2, -0.15) is 9.65 Å². The number of hydrogen-bond acceptors (Lipinski definition) is 8. The highest BCUT2D eigenvalue weighted by atomic mass is 32.2. The first-order chi connectivity index (χ1) is 12.0. The number of nitriles is 1. The number of halogens is 1. The zero-order chi connectivity index (χ0) is 18.0. The summed E-state index contributed by atoms with van der Waals surface area (Å²) in [5.41, 5.74) is 0.176. The third-order valence-corrected chi connectivity index (χ3v) is 4.92. The van der Waals surface area contributed by atoms with Crippen LogP contribution < -0.4 is 4.74 Å². The van der Waals surface area contributed by atoms with E-state index in [2.05, 4.69) is 9.97 Å². The molecule has 1 aliphatic rings. The second kappa shape index (κ2) is 7.33. The molecule has 1 fully saturated rings. The van der Waals surface area contributed by atoms with E-state index >= 15 is 0 Å². The van der Waals surface area contributed by atoms with Crippen LogP contribution in [0.2, 0.25) is 0 Å². The number of rotatable bonds is 3. The van der Waals surface area contributed by atoms with Crippen molar-refractivity contribution in [1.29, 1.82) is 5.26 Å². The lowest BCUT2D eigenvalue weighted by Gasteiger charge is -2.34. The fourth-order valence-corrected chi connectivity index (χ4v) is 3.40. The van der Waals surface area contributed by atoms with Gasteiger partial charge in [0.15, 0.2) is 11.2 Å². The van der Waals surface area contributed by atoms with Gasteiger partial charge in [-0.05, 0) is 24.3 Å². The number of thioether (sulfide) groups is 1. The van der Waals surface area contributed by atoms with Gasteiger partial charge >= 0.3 is 0 Å². The minimum absolute atomic E-state index is 0.160. The Kier molecular flexibility index (Phi) is 5.15. The number of aliphatic hydroxyl groups is 3. The number of hydrogen-bond donors (Lipinski definition) is 3. The maximum absolute atomic E-state index is 14.2. The maximum atomic E-state index is 14.2. The van der Waals surface area contributed by atoms with Gasteiger partial charge in [0, 0.05) is 17.5 Å². The van der Waals surface area contributed by atoms with E-state index in [4.69, 9.17) is 10.00 Å². The summed E-state index contributed by atoms with van der Waals surface area (Å²) < 4.78 is 19.6. The van der Waals surface area contributed by atoms with Crippen LogP contribution in [-0.2, 0) is 0 Å². The zero-order valence-corrected chi connectivity index (χ0v) is 13.6. The molecule has 7 nitrogen and oxygen atoms in total. The van der Waals surface area contributed by atoms with Crippen LogP contribution >= 0.6 is 11.8 Å². The Morgan fingerprint density at radius 1 is 1.20 bits per heavy atom.